The van der Waals surface area contributed by atoms with Crippen LogP contribution in [0.15, 0.2) is 30.3 Å². The van der Waals surface area contributed by atoms with E-state index in [1.54, 1.807) is 0 Å². The van der Waals surface area contributed by atoms with E-state index in [1.807, 2.05) is 0 Å². The summed E-state index contributed by atoms with van der Waals surface area (Å²) in [6.45, 7) is 6.16. The minimum atomic E-state index is 0.499. The third kappa shape index (κ3) is 4.58. The molecule has 1 saturated heterocycles. The normalized spacial score (nSPS) is 23.1. The first-order valence-electron chi connectivity index (χ1n) is 7.86. The van der Waals surface area contributed by atoms with Gasteiger partial charge in [0.25, 0.3) is 0 Å². The van der Waals surface area contributed by atoms with Crippen molar-refractivity contribution in [3.63, 3.8) is 0 Å². The fourth-order valence-corrected chi connectivity index (χ4v) is 2.84. The van der Waals surface area contributed by atoms with E-state index < -0.39 is 0 Å². The van der Waals surface area contributed by atoms with Gasteiger partial charge in [0, 0.05) is 25.2 Å². The van der Waals surface area contributed by atoms with Crippen LogP contribution in [0, 0.1) is 0 Å². The lowest BCUT2D eigenvalue weighted by Crippen LogP contribution is -2.54. The summed E-state index contributed by atoms with van der Waals surface area (Å²) in [5.74, 6) is 0. The first-order chi connectivity index (χ1) is 9.81. The van der Waals surface area contributed by atoms with Crippen LogP contribution in [0.1, 0.15) is 25.3 Å². The van der Waals surface area contributed by atoms with Gasteiger partial charge in [0.15, 0.2) is 0 Å². The molecule has 20 heavy (non-hydrogen) atoms. The standard InChI is InChI=1S/C17H28N2O/c1-3-11-18-16-10-13-20-14-17(16)19(2)12-9-15-7-5-4-6-8-15/h4-8,16-18H,3,9-14H2,1-2H3. The molecule has 2 rings (SSSR count). The van der Waals surface area contributed by atoms with Crippen LogP contribution in [-0.2, 0) is 11.2 Å². The molecule has 2 atom stereocenters. The second kappa shape index (κ2) is 8.40. The van der Waals surface area contributed by atoms with Crippen molar-refractivity contribution < 1.29 is 4.74 Å². The molecule has 3 heteroatoms. The smallest absolute Gasteiger partial charge is 0.0636 e. The molecule has 1 aromatic rings. The summed E-state index contributed by atoms with van der Waals surface area (Å²) in [4.78, 5) is 2.46. The van der Waals surface area contributed by atoms with Crippen LogP contribution in [0.2, 0.25) is 0 Å². The van der Waals surface area contributed by atoms with E-state index in [2.05, 4.69) is 54.5 Å². The number of hydrogen-bond donors (Lipinski definition) is 1. The SMILES string of the molecule is CCCNC1CCOCC1N(C)CCc1ccccc1. The van der Waals surface area contributed by atoms with E-state index in [9.17, 15) is 0 Å². The van der Waals surface area contributed by atoms with Crippen molar-refractivity contribution >= 4 is 0 Å². The van der Waals surface area contributed by atoms with Gasteiger partial charge >= 0.3 is 0 Å². The molecule has 112 valence electrons. The maximum absolute atomic E-state index is 5.68. The average Bonchev–Trinajstić information content (AvgIpc) is 2.52. The Morgan fingerprint density at radius 1 is 1.30 bits per heavy atom. The van der Waals surface area contributed by atoms with Gasteiger partial charge in [-0.25, -0.2) is 0 Å². The molecule has 0 aliphatic carbocycles. The molecule has 3 nitrogen and oxygen atoms in total. The Bertz CT molecular complexity index is 369. The van der Waals surface area contributed by atoms with E-state index in [-0.39, 0.29) is 0 Å². The number of likely N-dealkylation sites (N-methyl/N-ethyl adjacent to an activating group) is 1. The highest BCUT2D eigenvalue weighted by molar-refractivity contribution is 5.14. The highest BCUT2D eigenvalue weighted by atomic mass is 16.5. The van der Waals surface area contributed by atoms with Crippen molar-refractivity contribution in [2.75, 3.05) is 33.4 Å². The van der Waals surface area contributed by atoms with E-state index >= 15 is 0 Å². The summed E-state index contributed by atoms with van der Waals surface area (Å²) >= 11 is 0. The maximum atomic E-state index is 5.68. The first kappa shape index (κ1) is 15.5. The molecule has 1 heterocycles. The largest absolute Gasteiger partial charge is 0.380 e. The summed E-state index contributed by atoms with van der Waals surface area (Å²) in [5, 5.41) is 3.68. The number of nitrogens with zero attached hydrogens (tertiary/aromatic N) is 1. The van der Waals surface area contributed by atoms with Gasteiger partial charge in [-0.3, -0.25) is 4.90 Å². The highest BCUT2D eigenvalue weighted by Crippen LogP contribution is 2.14. The number of ether oxygens (including phenoxy) is 1. The Morgan fingerprint density at radius 2 is 2.10 bits per heavy atom. The van der Waals surface area contributed by atoms with E-state index in [4.69, 9.17) is 4.74 Å². The summed E-state index contributed by atoms with van der Waals surface area (Å²) in [7, 11) is 2.23. The molecule has 0 aromatic heterocycles. The topological polar surface area (TPSA) is 24.5 Å². The summed E-state index contributed by atoms with van der Waals surface area (Å²) in [6.07, 6.45) is 3.42. The van der Waals surface area contributed by atoms with Gasteiger partial charge in [-0.15, -0.1) is 0 Å². The third-order valence-corrected chi connectivity index (χ3v) is 4.14. The van der Waals surface area contributed by atoms with Crippen molar-refractivity contribution in [1.82, 2.24) is 10.2 Å². The molecule has 1 aliphatic heterocycles. The first-order valence-corrected chi connectivity index (χ1v) is 7.86. The van der Waals surface area contributed by atoms with Gasteiger partial charge in [0.05, 0.1) is 6.61 Å². The fourth-order valence-electron chi connectivity index (χ4n) is 2.84. The minimum Gasteiger partial charge on any atom is -0.380 e. The number of benzene rings is 1. The second-order valence-electron chi connectivity index (χ2n) is 5.71. The van der Waals surface area contributed by atoms with Gasteiger partial charge in [-0.05, 0) is 38.4 Å². The van der Waals surface area contributed by atoms with Gasteiger partial charge in [-0.1, -0.05) is 37.3 Å². The zero-order valence-electron chi connectivity index (χ0n) is 12.8. The Kier molecular flexibility index (Phi) is 6.51. The molecule has 1 fully saturated rings. The second-order valence-corrected chi connectivity index (χ2v) is 5.71. The van der Waals surface area contributed by atoms with Crippen LogP contribution in [0.25, 0.3) is 0 Å². The van der Waals surface area contributed by atoms with Crippen LogP contribution in [0.3, 0.4) is 0 Å². The quantitative estimate of drug-likeness (QED) is 0.827. The molecule has 0 saturated carbocycles. The van der Waals surface area contributed by atoms with Crippen molar-refractivity contribution in [3.05, 3.63) is 35.9 Å². The van der Waals surface area contributed by atoms with E-state index in [0.29, 0.717) is 12.1 Å². The molecule has 2 unspecified atom stereocenters. The Balaban J connectivity index is 1.84. The molecule has 1 aliphatic rings. The number of nitrogens with one attached hydrogen (secondary N) is 1. The third-order valence-electron chi connectivity index (χ3n) is 4.14. The lowest BCUT2D eigenvalue weighted by atomic mass is 10.0. The van der Waals surface area contributed by atoms with Gasteiger partial charge in [0.1, 0.15) is 0 Å². The van der Waals surface area contributed by atoms with Crippen molar-refractivity contribution in [2.24, 2.45) is 0 Å². The van der Waals surface area contributed by atoms with E-state index in [0.717, 1.165) is 39.1 Å². The average molecular weight is 276 g/mol. The molecule has 0 bridgehead atoms. The minimum absolute atomic E-state index is 0.499. The van der Waals surface area contributed by atoms with Crippen LogP contribution in [0.4, 0.5) is 0 Å². The molecular formula is C17H28N2O. The fraction of sp³-hybridized carbons (Fsp3) is 0.647. The number of hydrogen-bond acceptors (Lipinski definition) is 3. The lowest BCUT2D eigenvalue weighted by molar-refractivity contribution is 0.00651. The zero-order chi connectivity index (χ0) is 14.2. The number of rotatable bonds is 7. The molecule has 1 N–H and O–H groups in total. The van der Waals surface area contributed by atoms with Crippen molar-refractivity contribution in [2.45, 2.75) is 38.3 Å². The molecule has 1 aromatic carbocycles. The Hall–Kier alpha value is -0.900. The summed E-state index contributed by atoms with van der Waals surface area (Å²) in [6, 6.07) is 11.8. The van der Waals surface area contributed by atoms with Crippen LogP contribution >= 0.6 is 0 Å². The van der Waals surface area contributed by atoms with Crippen molar-refractivity contribution in [3.8, 4) is 0 Å². The molecule has 0 spiro atoms. The van der Waals surface area contributed by atoms with Crippen LogP contribution in [0.5, 0.6) is 0 Å². The zero-order valence-corrected chi connectivity index (χ0v) is 12.8. The van der Waals surface area contributed by atoms with Crippen molar-refractivity contribution in [1.29, 1.82) is 0 Å². The van der Waals surface area contributed by atoms with Gasteiger partial charge in [-0.2, -0.15) is 0 Å². The summed E-state index contributed by atoms with van der Waals surface area (Å²) in [5.41, 5.74) is 1.41. The molecule has 0 radical (unpaired) electrons. The monoisotopic (exact) mass is 276 g/mol. The molecule has 0 amide bonds. The maximum Gasteiger partial charge on any atom is 0.0636 e. The highest BCUT2D eigenvalue weighted by Gasteiger charge is 2.28. The summed E-state index contributed by atoms with van der Waals surface area (Å²) < 4.78 is 5.68. The predicted molar refractivity (Wildman–Crippen MR) is 84.1 cm³/mol. The van der Waals surface area contributed by atoms with Crippen LogP contribution in [-0.4, -0.2) is 50.3 Å². The molecular weight excluding hydrogens is 248 g/mol. The van der Waals surface area contributed by atoms with Crippen LogP contribution < -0.4 is 5.32 Å². The van der Waals surface area contributed by atoms with Gasteiger partial charge < -0.3 is 10.1 Å². The van der Waals surface area contributed by atoms with Gasteiger partial charge in [0.2, 0.25) is 0 Å². The van der Waals surface area contributed by atoms with E-state index in [1.165, 1.54) is 12.0 Å². The Labute approximate surface area is 123 Å². The Morgan fingerprint density at radius 3 is 2.85 bits per heavy atom. The lowest BCUT2D eigenvalue weighted by Gasteiger charge is -2.38. The predicted octanol–water partition coefficient (Wildman–Crippen LogP) is 2.32.